The monoisotopic (exact) mass is 448 g/mol. The second-order valence-electron chi connectivity index (χ2n) is 7.53. The van der Waals surface area contributed by atoms with Crippen molar-refractivity contribution in [3.8, 4) is 0 Å². The molecule has 7 heteroatoms. The molecule has 0 aliphatic carbocycles. The topological polar surface area (TPSA) is 49.7 Å². The Morgan fingerprint density at radius 2 is 1.69 bits per heavy atom. The fraction of sp³-hybridized carbons (Fsp3) is 0.318. The van der Waals surface area contributed by atoms with Crippen molar-refractivity contribution in [2.75, 3.05) is 18.1 Å². The van der Waals surface area contributed by atoms with Crippen LogP contribution in [0.1, 0.15) is 30.5 Å². The lowest BCUT2D eigenvalue weighted by Crippen LogP contribution is -2.37. The number of halogens is 2. The minimum atomic E-state index is -3.23. The first-order valence-electron chi connectivity index (χ1n) is 9.64. The zero-order valence-corrected chi connectivity index (χ0v) is 18.4. The van der Waals surface area contributed by atoms with Crippen LogP contribution in [-0.2, 0) is 9.84 Å². The molecule has 2 heterocycles. The second kappa shape index (κ2) is 8.13. The zero-order chi connectivity index (χ0) is 20.6. The van der Waals surface area contributed by atoms with Crippen LogP contribution < -0.4 is 0 Å². The van der Waals surface area contributed by atoms with Crippen LogP contribution in [0.5, 0.6) is 0 Å². The highest BCUT2D eigenvalue weighted by Gasteiger charge is 2.45. The van der Waals surface area contributed by atoms with Gasteiger partial charge in [-0.1, -0.05) is 54.4 Å². The molecular formula is C22H22Cl2N2O2S. The highest BCUT2D eigenvalue weighted by Crippen LogP contribution is 2.42. The molecule has 2 unspecified atom stereocenters. The summed E-state index contributed by atoms with van der Waals surface area (Å²) in [6, 6.07) is 14.9. The van der Waals surface area contributed by atoms with E-state index in [1.165, 1.54) is 0 Å². The van der Waals surface area contributed by atoms with Crippen molar-refractivity contribution in [2.45, 2.75) is 19.4 Å². The summed E-state index contributed by atoms with van der Waals surface area (Å²) in [5.74, 6) is -0.0738. The fourth-order valence-electron chi connectivity index (χ4n) is 4.11. The van der Waals surface area contributed by atoms with E-state index >= 15 is 0 Å². The largest absolute Gasteiger partial charge is 0.289 e. The average molecular weight is 449 g/mol. The standard InChI is InChI=1S/C22H22Cl2N2O2S/c1-2-11-26-22(16-5-9-19(24)10-6-16)20-14-29(27,28)13-17(21(20)25-26)12-15-3-7-18(23)8-4-15/h3-10,12,20,22H,2,11,13-14H2,1H3/b17-12+. The molecule has 4 nitrogen and oxygen atoms in total. The highest BCUT2D eigenvalue weighted by atomic mass is 35.5. The molecule has 0 bridgehead atoms. The van der Waals surface area contributed by atoms with Crippen molar-refractivity contribution >= 4 is 44.8 Å². The molecule has 2 aliphatic rings. The van der Waals surface area contributed by atoms with Crippen molar-refractivity contribution in [2.24, 2.45) is 11.0 Å². The molecule has 4 rings (SSSR count). The van der Waals surface area contributed by atoms with E-state index < -0.39 is 9.84 Å². The Morgan fingerprint density at radius 3 is 2.31 bits per heavy atom. The molecule has 152 valence electrons. The molecule has 0 amide bonds. The van der Waals surface area contributed by atoms with Gasteiger partial charge in [-0.05, 0) is 53.5 Å². The molecule has 0 N–H and O–H groups in total. The number of hydrazone groups is 1. The maximum absolute atomic E-state index is 12.8. The highest BCUT2D eigenvalue weighted by molar-refractivity contribution is 7.91. The van der Waals surface area contributed by atoms with Crippen LogP contribution in [0, 0.1) is 5.92 Å². The SMILES string of the molecule is CCCN1N=C2/C(=C/c3ccc(Cl)cc3)CS(=O)(=O)CC2C1c1ccc(Cl)cc1. The Morgan fingerprint density at radius 1 is 1.07 bits per heavy atom. The van der Waals surface area contributed by atoms with Gasteiger partial charge < -0.3 is 0 Å². The van der Waals surface area contributed by atoms with E-state index in [1.54, 1.807) is 12.1 Å². The molecule has 1 saturated heterocycles. The summed E-state index contributed by atoms with van der Waals surface area (Å²) in [7, 11) is -3.23. The molecule has 0 aromatic heterocycles. The molecule has 0 spiro atoms. The quantitative estimate of drug-likeness (QED) is 0.641. The number of fused-ring (bicyclic) bond motifs is 1. The Labute approximate surface area is 181 Å². The van der Waals surface area contributed by atoms with E-state index in [0.29, 0.717) is 10.0 Å². The first-order valence-corrected chi connectivity index (χ1v) is 12.2. The van der Waals surface area contributed by atoms with Gasteiger partial charge in [0.05, 0.1) is 23.3 Å². The van der Waals surface area contributed by atoms with Crippen molar-refractivity contribution in [3.63, 3.8) is 0 Å². The number of sulfone groups is 1. The van der Waals surface area contributed by atoms with Crippen LogP contribution in [0.25, 0.3) is 6.08 Å². The van der Waals surface area contributed by atoms with Crippen LogP contribution in [0.4, 0.5) is 0 Å². The van der Waals surface area contributed by atoms with Gasteiger partial charge in [-0.15, -0.1) is 0 Å². The Bertz CT molecular complexity index is 1060. The summed E-state index contributed by atoms with van der Waals surface area (Å²) in [5.41, 5.74) is 3.60. The second-order valence-corrected chi connectivity index (χ2v) is 10.5. The molecule has 29 heavy (non-hydrogen) atoms. The lowest BCUT2D eigenvalue weighted by molar-refractivity contribution is 0.209. The third-order valence-electron chi connectivity index (χ3n) is 5.30. The van der Waals surface area contributed by atoms with Crippen LogP contribution in [0.15, 0.2) is 59.2 Å². The minimum Gasteiger partial charge on any atom is -0.289 e. The zero-order valence-electron chi connectivity index (χ0n) is 16.1. The predicted molar refractivity (Wildman–Crippen MR) is 120 cm³/mol. The Hall–Kier alpha value is -1.82. The Kier molecular flexibility index (Phi) is 5.74. The van der Waals surface area contributed by atoms with Gasteiger partial charge in [0.1, 0.15) is 0 Å². The molecular weight excluding hydrogens is 427 g/mol. The number of hydrogen-bond donors (Lipinski definition) is 0. The average Bonchev–Trinajstić information content (AvgIpc) is 3.01. The van der Waals surface area contributed by atoms with E-state index in [9.17, 15) is 8.42 Å². The van der Waals surface area contributed by atoms with Gasteiger partial charge in [0.15, 0.2) is 9.84 Å². The van der Waals surface area contributed by atoms with Gasteiger partial charge in [-0.25, -0.2) is 8.42 Å². The van der Waals surface area contributed by atoms with Gasteiger partial charge in [-0.3, -0.25) is 5.01 Å². The van der Waals surface area contributed by atoms with E-state index in [0.717, 1.165) is 35.4 Å². The van der Waals surface area contributed by atoms with Crippen molar-refractivity contribution in [1.29, 1.82) is 0 Å². The summed E-state index contributed by atoms with van der Waals surface area (Å²) in [6.07, 6.45) is 2.85. The van der Waals surface area contributed by atoms with E-state index in [4.69, 9.17) is 28.3 Å². The molecule has 2 aromatic carbocycles. The molecule has 2 atom stereocenters. The third-order valence-corrected chi connectivity index (χ3v) is 7.42. The van der Waals surface area contributed by atoms with Crippen molar-refractivity contribution < 1.29 is 8.42 Å². The number of hydrogen-bond acceptors (Lipinski definition) is 4. The molecule has 0 saturated carbocycles. The maximum Gasteiger partial charge on any atom is 0.155 e. The van der Waals surface area contributed by atoms with Gasteiger partial charge in [0, 0.05) is 22.5 Å². The fourth-order valence-corrected chi connectivity index (χ4v) is 6.07. The Balaban J connectivity index is 1.78. The first-order chi connectivity index (χ1) is 13.9. The number of rotatable bonds is 4. The van der Waals surface area contributed by atoms with Gasteiger partial charge in [0.25, 0.3) is 0 Å². The van der Waals surface area contributed by atoms with Gasteiger partial charge in [-0.2, -0.15) is 5.10 Å². The smallest absolute Gasteiger partial charge is 0.155 e. The van der Waals surface area contributed by atoms with Crippen LogP contribution in [0.3, 0.4) is 0 Å². The lowest BCUT2D eigenvalue weighted by Gasteiger charge is -2.30. The molecule has 1 fully saturated rings. The summed E-state index contributed by atoms with van der Waals surface area (Å²) in [6.45, 7) is 2.86. The van der Waals surface area contributed by atoms with Crippen molar-refractivity contribution in [3.05, 3.63) is 75.3 Å². The summed E-state index contributed by atoms with van der Waals surface area (Å²) < 4.78 is 25.6. The van der Waals surface area contributed by atoms with Gasteiger partial charge >= 0.3 is 0 Å². The predicted octanol–water partition coefficient (Wildman–Crippen LogP) is 5.24. The first kappa shape index (κ1) is 20.5. The van der Waals surface area contributed by atoms with E-state index in [-0.39, 0.29) is 23.5 Å². The van der Waals surface area contributed by atoms with Crippen LogP contribution >= 0.6 is 23.2 Å². The van der Waals surface area contributed by atoms with Gasteiger partial charge in [0.2, 0.25) is 0 Å². The molecule has 0 radical (unpaired) electrons. The maximum atomic E-state index is 12.8. The number of nitrogens with zero attached hydrogens (tertiary/aromatic N) is 2. The van der Waals surface area contributed by atoms with E-state index in [1.807, 2.05) is 47.5 Å². The molecule has 2 aliphatic heterocycles. The van der Waals surface area contributed by atoms with E-state index in [2.05, 4.69) is 6.92 Å². The third kappa shape index (κ3) is 4.37. The molecule has 2 aromatic rings. The summed E-state index contributed by atoms with van der Waals surface area (Å²) in [5, 5.41) is 8.25. The van der Waals surface area contributed by atoms with Crippen LogP contribution in [0.2, 0.25) is 10.0 Å². The summed E-state index contributed by atoms with van der Waals surface area (Å²) >= 11 is 12.1. The normalized spacial score (nSPS) is 24.4. The number of benzene rings is 2. The minimum absolute atomic E-state index is 0.0122. The lowest BCUT2D eigenvalue weighted by atomic mass is 9.87. The summed E-state index contributed by atoms with van der Waals surface area (Å²) in [4.78, 5) is 0. The van der Waals surface area contributed by atoms with Crippen LogP contribution in [-0.4, -0.2) is 37.2 Å². The van der Waals surface area contributed by atoms with Crippen molar-refractivity contribution in [1.82, 2.24) is 5.01 Å².